The molecule has 0 aliphatic rings. The topological polar surface area (TPSA) is 85.0 Å². The highest BCUT2D eigenvalue weighted by Gasteiger charge is 2.30. The first-order valence-corrected chi connectivity index (χ1v) is 10.5. The molecule has 1 aromatic heterocycles. The van der Waals surface area contributed by atoms with Gasteiger partial charge in [-0.2, -0.15) is 18.3 Å². The summed E-state index contributed by atoms with van der Waals surface area (Å²) in [5.74, 6) is 0.186. The number of nitrogens with zero attached hydrogens (tertiary/aromatic N) is 2. The molecule has 4 aromatic rings. The van der Waals surface area contributed by atoms with E-state index in [0.29, 0.717) is 27.5 Å². The van der Waals surface area contributed by atoms with Gasteiger partial charge in [-0.15, -0.1) is 0 Å². The monoisotopic (exact) mass is 485 g/mol. The van der Waals surface area contributed by atoms with Crippen LogP contribution < -0.4 is 16.4 Å². The number of benzene rings is 3. The fourth-order valence-electron chi connectivity index (χ4n) is 3.33. The van der Waals surface area contributed by atoms with Crippen LogP contribution in [-0.2, 0) is 12.7 Å². The van der Waals surface area contributed by atoms with Crippen molar-refractivity contribution in [3.05, 3.63) is 95.0 Å². The zero-order valence-corrected chi connectivity index (χ0v) is 18.4. The third kappa shape index (κ3) is 5.15. The maximum Gasteiger partial charge on any atom is 0.416 e. The van der Waals surface area contributed by atoms with Crippen LogP contribution in [0.4, 0.5) is 29.5 Å². The number of hydrogen-bond donors (Lipinski definition) is 3. The third-order valence-electron chi connectivity index (χ3n) is 4.99. The zero-order valence-electron chi connectivity index (χ0n) is 17.6. The molecule has 0 bridgehead atoms. The first kappa shape index (κ1) is 23.2. The lowest BCUT2D eigenvalue weighted by molar-refractivity contribution is -0.137. The average molecular weight is 486 g/mol. The van der Waals surface area contributed by atoms with Gasteiger partial charge in [-0.25, -0.2) is 9.48 Å². The van der Waals surface area contributed by atoms with Gasteiger partial charge in [0.05, 0.1) is 11.3 Å². The first-order chi connectivity index (χ1) is 16.2. The molecule has 0 aliphatic carbocycles. The molecule has 10 heteroatoms. The summed E-state index contributed by atoms with van der Waals surface area (Å²) in [5, 5.41) is 10.3. The minimum absolute atomic E-state index is 0.112. The second-order valence-corrected chi connectivity index (χ2v) is 7.81. The van der Waals surface area contributed by atoms with E-state index in [1.165, 1.54) is 16.8 Å². The van der Waals surface area contributed by atoms with Crippen molar-refractivity contribution in [1.29, 1.82) is 0 Å². The fourth-order valence-corrected chi connectivity index (χ4v) is 3.45. The molecule has 0 aliphatic heterocycles. The molecule has 0 atom stereocenters. The number of carbonyl (C=O) groups excluding carboxylic acids is 1. The smallest absolute Gasteiger partial charge is 0.382 e. The number of carbonyl (C=O) groups is 1. The average Bonchev–Trinajstić information content (AvgIpc) is 3.14. The normalized spacial score (nSPS) is 11.3. The molecular formula is C24H19ClF3N5O. The molecule has 3 aromatic carbocycles. The molecule has 2 amide bonds. The minimum atomic E-state index is -4.47. The van der Waals surface area contributed by atoms with Gasteiger partial charge in [-0.3, -0.25) is 0 Å². The van der Waals surface area contributed by atoms with Gasteiger partial charge in [0.1, 0.15) is 11.4 Å². The highest BCUT2D eigenvalue weighted by Crippen LogP contribution is 2.34. The fraction of sp³-hybridized carbons (Fsp3) is 0.0833. The van der Waals surface area contributed by atoms with Crippen molar-refractivity contribution in [2.24, 2.45) is 0 Å². The summed E-state index contributed by atoms with van der Waals surface area (Å²) in [6, 6.07) is 20.1. The van der Waals surface area contributed by atoms with E-state index >= 15 is 0 Å². The summed E-state index contributed by atoms with van der Waals surface area (Å²) >= 11 is 5.99. The van der Waals surface area contributed by atoms with Gasteiger partial charge in [-0.1, -0.05) is 54.1 Å². The van der Waals surface area contributed by atoms with Gasteiger partial charge in [0.25, 0.3) is 0 Å². The molecule has 0 spiro atoms. The summed E-state index contributed by atoms with van der Waals surface area (Å²) in [6.07, 6.45) is -4.47. The lowest BCUT2D eigenvalue weighted by atomic mass is 10.1. The van der Waals surface area contributed by atoms with Crippen LogP contribution in [0.25, 0.3) is 16.9 Å². The Balaban J connectivity index is 1.60. The summed E-state index contributed by atoms with van der Waals surface area (Å²) in [6.45, 7) is -0.112. The number of anilines is 2. The van der Waals surface area contributed by atoms with Crippen LogP contribution in [0.15, 0.2) is 78.9 Å². The van der Waals surface area contributed by atoms with Gasteiger partial charge in [0, 0.05) is 17.1 Å². The maximum atomic E-state index is 12.9. The number of alkyl halides is 3. The Kier molecular flexibility index (Phi) is 6.47. The van der Waals surface area contributed by atoms with E-state index in [0.717, 1.165) is 12.1 Å². The molecule has 0 unspecified atom stereocenters. The lowest BCUT2D eigenvalue weighted by Gasteiger charge is -2.11. The van der Waals surface area contributed by atoms with Crippen molar-refractivity contribution in [2.75, 3.05) is 11.1 Å². The number of aromatic nitrogens is 2. The lowest BCUT2D eigenvalue weighted by Crippen LogP contribution is -2.28. The number of nitrogens with two attached hydrogens (primary N) is 1. The maximum absolute atomic E-state index is 12.9. The number of para-hydroxylation sites is 1. The quantitative estimate of drug-likeness (QED) is 0.318. The highest BCUT2D eigenvalue weighted by molar-refractivity contribution is 6.30. The molecule has 4 rings (SSSR count). The largest absolute Gasteiger partial charge is 0.416 e. The van der Waals surface area contributed by atoms with Crippen molar-refractivity contribution in [3.8, 4) is 16.9 Å². The number of amides is 2. The number of hydrogen-bond acceptors (Lipinski definition) is 3. The molecule has 6 nitrogen and oxygen atoms in total. The van der Waals surface area contributed by atoms with Crippen LogP contribution in [0.5, 0.6) is 0 Å². The van der Waals surface area contributed by atoms with Crippen LogP contribution in [0.2, 0.25) is 5.02 Å². The van der Waals surface area contributed by atoms with Gasteiger partial charge in [0.15, 0.2) is 5.82 Å². The van der Waals surface area contributed by atoms with Crippen LogP contribution in [0.3, 0.4) is 0 Å². The molecular weight excluding hydrogens is 467 g/mol. The minimum Gasteiger partial charge on any atom is -0.382 e. The van der Waals surface area contributed by atoms with Crippen LogP contribution in [-0.4, -0.2) is 15.8 Å². The van der Waals surface area contributed by atoms with E-state index in [4.69, 9.17) is 17.3 Å². The van der Waals surface area contributed by atoms with Crippen molar-refractivity contribution in [3.63, 3.8) is 0 Å². The molecule has 0 fully saturated rings. The van der Waals surface area contributed by atoms with Gasteiger partial charge < -0.3 is 16.4 Å². The van der Waals surface area contributed by atoms with Gasteiger partial charge >= 0.3 is 12.2 Å². The van der Waals surface area contributed by atoms with Crippen molar-refractivity contribution < 1.29 is 18.0 Å². The Morgan fingerprint density at radius 2 is 1.71 bits per heavy atom. The van der Waals surface area contributed by atoms with E-state index in [9.17, 15) is 18.0 Å². The Bertz CT molecular complexity index is 1300. The molecule has 0 radical (unpaired) electrons. The second kappa shape index (κ2) is 9.48. The SMILES string of the molecule is Nc1c(NC(=O)NCc2cccc(C(F)(F)F)c2)c(-c2ccc(Cl)cc2)nn1-c1ccccc1. The Hall–Kier alpha value is -3.98. The number of halogens is 4. The molecule has 4 N–H and O–H groups in total. The van der Waals surface area contributed by atoms with E-state index < -0.39 is 17.8 Å². The van der Waals surface area contributed by atoms with Crippen LogP contribution >= 0.6 is 11.6 Å². The second-order valence-electron chi connectivity index (χ2n) is 7.37. The number of rotatable bonds is 5. The van der Waals surface area contributed by atoms with Crippen LogP contribution in [0.1, 0.15) is 11.1 Å². The van der Waals surface area contributed by atoms with E-state index in [1.54, 1.807) is 24.3 Å². The highest BCUT2D eigenvalue weighted by atomic mass is 35.5. The Labute approximate surface area is 198 Å². The summed E-state index contributed by atoms with van der Waals surface area (Å²) in [7, 11) is 0. The summed E-state index contributed by atoms with van der Waals surface area (Å²) in [4.78, 5) is 12.6. The van der Waals surface area contributed by atoms with Crippen molar-refractivity contribution in [1.82, 2.24) is 15.1 Å². The number of nitrogen functional groups attached to an aromatic ring is 1. The summed E-state index contributed by atoms with van der Waals surface area (Å²) < 4.78 is 40.3. The number of urea groups is 1. The van der Waals surface area contributed by atoms with E-state index in [2.05, 4.69) is 15.7 Å². The molecule has 34 heavy (non-hydrogen) atoms. The van der Waals surface area contributed by atoms with Gasteiger partial charge in [0.2, 0.25) is 0 Å². The van der Waals surface area contributed by atoms with Crippen LogP contribution in [0, 0.1) is 0 Å². The molecule has 1 heterocycles. The predicted molar refractivity (Wildman–Crippen MR) is 126 cm³/mol. The molecule has 0 saturated carbocycles. The molecule has 174 valence electrons. The van der Waals surface area contributed by atoms with E-state index in [1.807, 2.05) is 30.3 Å². The van der Waals surface area contributed by atoms with Gasteiger partial charge in [-0.05, 0) is 42.0 Å². The Morgan fingerprint density at radius 1 is 1.00 bits per heavy atom. The Morgan fingerprint density at radius 3 is 2.38 bits per heavy atom. The third-order valence-corrected chi connectivity index (χ3v) is 5.24. The van der Waals surface area contributed by atoms with Crippen molar-refractivity contribution >= 4 is 29.1 Å². The first-order valence-electron chi connectivity index (χ1n) is 10.1. The standard InChI is InChI=1S/C24H19ClF3N5O/c25-18-11-9-16(10-12-18)20-21(22(29)33(32-20)19-7-2-1-3-8-19)31-23(34)30-14-15-5-4-6-17(13-15)24(26,27)28/h1-13H,14,29H2,(H2,30,31,34). The zero-order chi connectivity index (χ0) is 24.3. The van der Waals surface area contributed by atoms with E-state index in [-0.39, 0.29) is 18.1 Å². The predicted octanol–water partition coefficient (Wildman–Crippen LogP) is 6.12. The number of nitrogens with one attached hydrogen (secondary N) is 2. The van der Waals surface area contributed by atoms with Crippen molar-refractivity contribution in [2.45, 2.75) is 12.7 Å². The molecule has 0 saturated heterocycles. The summed E-state index contributed by atoms with van der Waals surface area (Å²) in [5.41, 5.74) is 7.87.